The van der Waals surface area contributed by atoms with E-state index in [9.17, 15) is 4.79 Å². The van der Waals surface area contributed by atoms with E-state index in [-0.39, 0.29) is 18.7 Å². The molecule has 6 heteroatoms. The molecule has 2 atom stereocenters. The Labute approximate surface area is 127 Å². The summed E-state index contributed by atoms with van der Waals surface area (Å²) in [4.78, 5) is 12.1. The second-order valence-corrected chi connectivity index (χ2v) is 6.68. The first kappa shape index (κ1) is 15.5. The molecule has 5 nitrogen and oxygen atoms in total. The zero-order valence-electron chi connectivity index (χ0n) is 12.0. The Balaban J connectivity index is 2.13. The number of hydrogen-bond acceptors (Lipinski definition) is 4. The molecule has 1 heterocycles. The summed E-state index contributed by atoms with van der Waals surface area (Å²) in [6.45, 7) is 4.67. The maximum absolute atomic E-state index is 12.1. The minimum Gasteiger partial charge on any atom is -0.394 e. The fourth-order valence-electron chi connectivity index (χ4n) is 3.10. The highest BCUT2D eigenvalue weighted by atomic mass is 79.9. The van der Waals surface area contributed by atoms with E-state index in [0.29, 0.717) is 22.4 Å². The molecule has 2 N–H and O–H groups in total. The van der Waals surface area contributed by atoms with Crippen molar-refractivity contribution in [3.8, 4) is 0 Å². The fourth-order valence-corrected chi connectivity index (χ4v) is 3.53. The van der Waals surface area contributed by atoms with E-state index in [4.69, 9.17) is 5.11 Å². The normalized spacial score (nSPS) is 26.5. The van der Waals surface area contributed by atoms with Gasteiger partial charge >= 0.3 is 0 Å². The first-order valence-corrected chi connectivity index (χ1v) is 7.93. The van der Waals surface area contributed by atoms with Crippen molar-refractivity contribution in [2.24, 2.45) is 11.8 Å². The van der Waals surface area contributed by atoms with Crippen molar-refractivity contribution < 1.29 is 5.11 Å². The molecule has 1 aliphatic rings. The van der Waals surface area contributed by atoms with Gasteiger partial charge in [-0.05, 0) is 47.0 Å². The number of rotatable bonds is 4. The van der Waals surface area contributed by atoms with Crippen LogP contribution in [-0.4, -0.2) is 27.5 Å². The van der Waals surface area contributed by atoms with E-state index in [1.807, 2.05) is 0 Å². The largest absolute Gasteiger partial charge is 0.394 e. The maximum atomic E-state index is 12.1. The first-order chi connectivity index (χ1) is 9.51. The molecule has 0 saturated heterocycles. The average molecular weight is 344 g/mol. The third-order valence-electron chi connectivity index (χ3n) is 3.83. The van der Waals surface area contributed by atoms with Crippen LogP contribution in [0.3, 0.4) is 0 Å². The van der Waals surface area contributed by atoms with Gasteiger partial charge in [-0.1, -0.05) is 13.8 Å². The van der Waals surface area contributed by atoms with Crippen LogP contribution >= 0.6 is 15.9 Å². The van der Waals surface area contributed by atoms with Crippen LogP contribution in [0.1, 0.15) is 33.1 Å². The molecule has 0 amide bonds. The molecule has 1 aromatic rings. The average Bonchev–Trinajstić information content (AvgIpc) is 2.37. The summed E-state index contributed by atoms with van der Waals surface area (Å²) < 4.78 is 1.76. The molecular formula is C14H22BrN3O2. The lowest BCUT2D eigenvalue weighted by atomic mass is 9.80. The molecule has 0 spiro atoms. The topological polar surface area (TPSA) is 67.2 Å². The minimum absolute atomic E-state index is 0.0935. The molecule has 1 fully saturated rings. The quantitative estimate of drug-likeness (QED) is 0.879. The Bertz CT molecular complexity index is 508. The number of halogens is 1. The molecule has 0 aliphatic heterocycles. The van der Waals surface area contributed by atoms with Gasteiger partial charge in [-0.2, -0.15) is 5.10 Å². The van der Waals surface area contributed by atoms with Crippen molar-refractivity contribution in [2.45, 2.75) is 45.7 Å². The van der Waals surface area contributed by atoms with Crippen molar-refractivity contribution in [3.05, 3.63) is 21.0 Å². The standard InChI is InChI=1S/C14H22BrN3O2/c1-9-5-10(2)7-11(6-9)17-12-8-16-18(3-4-19)14(20)13(12)15/h8-11,17,19H,3-7H2,1-2H3. The van der Waals surface area contributed by atoms with Crippen LogP contribution in [0.4, 0.5) is 5.69 Å². The molecular weight excluding hydrogens is 322 g/mol. The van der Waals surface area contributed by atoms with Gasteiger partial charge in [0.25, 0.3) is 5.56 Å². The summed E-state index contributed by atoms with van der Waals surface area (Å²) in [6, 6.07) is 0.389. The number of nitrogens with one attached hydrogen (secondary N) is 1. The van der Waals surface area contributed by atoms with E-state index in [0.717, 1.165) is 18.5 Å². The van der Waals surface area contributed by atoms with Gasteiger partial charge in [0, 0.05) is 6.04 Å². The highest BCUT2D eigenvalue weighted by Gasteiger charge is 2.24. The lowest BCUT2D eigenvalue weighted by Crippen LogP contribution is -2.32. The SMILES string of the molecule is CC1CC(C)CC(Nc2cnn(CCO)c(=O)c2Br)C1. The molecule has 2 unspecified atom stereocenters. The van der Waals surface area contributed by atoms with Crippen molar-refractivity contribution in [2.75, 3.05) is 11.9 Å². The third-order valence-corrected chi connectivity index (χ3v) is 4.60. The molecule has 112 valence electrons. The van der Waals surface area contributed by atoms with Crippen molar-refractivity contribution >= 4 is 21.6 Å². The summed E-state index contributed by atoms with van der Waals surface area (Å²) in [5.41, 5.74) is 0.538. The Morgan fingerprint density at radius 1 is 1.40 bits per heavy atom. The maximum Gasteiger partial charge on any atom is 0.283 e. The smallest absolute Gasteiger partial charge is 0.283 e. The lowest BCUT2D eigenvalue weighted by molar-refractivity contribution is 0.265. The summed E-state index contributed by atoms with van der Waals surface area (Å²) >= 11 is 3.34. The summed E-state index contributed by atoms with van der Waals surface area (Å²) in [5, 5.41) is 16.4. The van der Waals surface area contributed by atoms with Crippen LogP contribution < -0.4 is 10.9 Å². The van der Waals surface area contributed by atoms with Crippen molar-refractivity contribution in [3.63, 3.8) is 0 Å². The van der Waals surface area contributed by atoms with E-state index in [1.165, 1.54) is 11.1 Å². The molecule has 1 aromatic heterocycles. The zero-order valence-corrected chi connectivity index (χ0v) is 13.6. The van der Waals surface area contributed by atoms with Gasteiger partial charge in [0.1, 0.15) is 4.47 Å². The van der Waals surface area contributed by atoms with Gasteiger partial charge in [0.15, 0.2) is 0 Å². The Morgan fingerprint density at radius 2 is 2.05 bits per heavy atom. The predicted octanol–water partition coefficient (Wildman–Crippen LogP) is 2.23. The highest BCUT2D eigenvalue weighted by Crippen LogP contribution is 2.31. The van der Waals surface area contributed by atoms with Crippen molar-refractivity contribution in [1.82, 2.24) is 9.78 Å². The van der Waals surface area contributed by atoms with Gasteiger partial charge < -0.3 is 10.4 Å². The summed E-state index contributed by atoms with van der Waals surface area (Å²) in [7, 11) is 0. The highest BCUT2D eigenvalue weighted by molar-refractivity contribution is 9.10. The molecule has 1 aliphatic carbocycles. The van der Waals surface area contributed by atoms with Gasteiger partial charge in [0.05, 0.1) is 25.0 Å². The minimum atomic E-state index is -0.207. The van der Waals surface area contributed by atoms with Crippen LogP contribution in [0.2, 0.25) is 0 Å². The molecule has 0 aromatic carbocycles. The summed E-state index contributed by atoms with van der Waals surface area (Å²) in [5.74, 6) is 1.41. The van der Waals surface area contributed by atoms with E-state index in [2.05, 4.69) is 40.2 Å². The number of aliphatic hydroxyl groups is 1. The van der Waals surface area contributed by atoms with Crippen molar-refractivity contribution in [1.29, 1.82) is 0 Å². The van der Waals surface area contributed by atoms with Crippen LogP contribution in [0.5, 0.6) is 0 Å². The molecule has 0 bridgehead atoms. The fraction of sp³-hybridized carbons (Fsp3) is 0.714. The number of hydrogen-bond donors (Lipinski definition) is 2. The Hall–Kier alpha value is -0.880. The summed E-state index contributed by atoms with van der Waals surface area (Å²) in [6.07, 6.45) is 5.17. The number of aliphatic hydroxyl groups excluding tert-OH is 1. The third kappa shape index (κ3) is 3.61. The van der Waals surface area contributed by atoms with Crippen LogP contribution in [0.25, 0.3) is 0 Å². The second kappa shape index (κ2) is 6.72. The molecule has 20 heavy (non-hydrogen) atoms. The van der Waals surface area contributed by atoms with E-state index in [1.54, 1.807) is 6.20 Å². The second-order valence-electron chi connectivity index (χ2n) is 5.88. The van der Waals surface area contributed by atoms with Gasteiger partial charge in [-0.3, -0.25) is 4.79 Å². The van der Waals surface area contributed by atoms with Gasteiger partial charge in [0.2, 0.25) is 0 Å². The van der Waals surface area contributed by atoms with Crippen LogP contribution in [0.15, 0.2) is 15.5 Å². The van der Waals surface area contributed by atoms with Crippen LogP contribution in [0, 0.1) is 11.8 Å². The monoisotopic (exact) mass is 343 g/mol. The number of anilines is 1. The van der Waals surface area contributed by atoms with Gasteiger partial charge in [-0.15, -0.1) is 0 Å². The molecule has 0 radical (unpaired) electrons. The Morgan fingerprint density at radius 3 is 2.65 bits per heavy atom. The molecule has 1 saturated carbocycles. The molecule has 2 rings (SSSR count). The zero-order chi connectivity index (χ0) is 14.7. The van der Waals surface area contributed by atoms with E-state index >= 15 is 0 Å². The predicted molar refractivity (Wildman–Crippen MR) is 82.9 cm³/mol. The van der Waals surface area contributed by atoms with E-state index < -0.39 is 0 Å². The van der Waals surface area contributed by atoms with Crippen LogP contribution in [-0.2, 0) is 6.54 Å². The van der Waals surface area contributed by atoms with Gasteiger partial charge in [-0.25, -0.2) is 4.68 Å². The number of aromatic nitrogens is 2. The first-order valence-electron chi connectivity index (χ1n) is 7.14. The number of nitrogens with zero attached hydrogens (tertiary/aromatic N) is 2. The lowest BCUT2D eigenvalue weighted by Gasteiger charge is -2.32. The Kier molecular flexibility index (Phi) is 5.21.